The third kappa shape index (κ3) is 6.40. The molecule has 1 spiro atoms. The first-order chi connectivity index (χ1) is 21.9. The Labute approximate surface area is 262 Å². The average Bonchev–Trinajstić information content (AvgIpc) is 3.66. The highest BCUT2D eigenvalue weighted by Crippen LogP contribution is 2.43. The van der Waals surface area contributed by atoms with Crippen molar-refractivity contribution in [3.8, 4) is 28.6 Å². The largest absolute Gasteiger partial charge is 0.481 e. The normalized spacial score (nSPS) is 18.5. The average molecular weight is 639 g/mol. The van der Waals surface area contributed by atoms with Crippen LogP contribution in [0.2, 0.25) is 0 Å². The number of pyridine rings is 1. The van der Waals surface area contributed by atoms with Crippen molar-refractivity contribution in [2.45, 2.75) is 44.5 Å². The minimum absolute atomic E-state index is 0.159. The number of carboxylic acid groups (broad SMARTS) is 1. The molecule has 0 aliphatic carbocycles. The molecule has 0 radical (unpaired) electrons. The van der Waals surface area contributed by atoms with Gasteiger partial charge >= 0.3 is 12.1 Å². The van der Waals surface area contributed by atoms with Crippen LogP contribution in [0.4, 0.5) is 24.9 Å². The predicted octanol–water partition coefficient (Wildman–Crippen LogP) is 4.34. The highest BCUT2D eigenvalue weighted by Gasteiger charge is 2.46. The molecule has 2 atom stereocenters. The predicted molar refractivity (Wildman–Crippen MR) is 162 cm³/mol. The van der Waals surface area contributed by atoms with Gasteiger partial charge in [0.25, 0.3) is 0 Å². The summed E-state index contributed by atoms with van der Waals surface area (Å²) < 4.78 is 56.7. The Bertz CT molecular complexity index is 1740. The van der Waals surface area contributed by atoms with Gasteiger partial charge in [0.15, 0.2) is 0 Å². The molecule has 0 unspecified atom stereocenters. The quantitative estimate of drug-likeness (QED) is 0.253. The fourth-order valence-electron chi connectivity index (χ4n) is 6.16. The Balaban J connectivity index is 1.31. The second-order valence-electron chi connectivity index (χ2n) is 11.7. The summed E-state index contributed by atoms with van der Waals surface area (Å²) in [6.45, 7) is 3.39. The van der Waals surface area contributed by atoms with Crippen LogP contribution in [0.25, 0.3) is 16.8 Å². The minimum atomic E-state index is -4.84. The zero-order valence-electron chi connectivity index (χ0n) is 25.2. The highest BCUT2D eigenvalue weighted by molar-refractivity contribution is 5.74. The number of ether oxygens (including phenoxy) is 2. The first-order valence-electron chi connectivity index (χ1n) is 14.7. The van der Waals surface area contributed by atoms with Gasteiger partial charge in [-0.25, -0.2) is 9.67 Å². The molecule has 6 rings (SSSR count). The molecular formula is C31H33F3N8O4. The van der Waals surface area contributed by atoms with Crippen molar-refractivity contribution in [3.05, 3.63) is 66.1 Å². The van der Waals surface area contributed by atoms with Crippen LogP contribution in [0.15, 0.2) is 54.9 Å². The summed E-state index contributed by atoms with van der Waals surface area (Å²) in [6.07, 6.45) is -2.22. The number of hydrogen-bond acceptors (Lipinski definition) is 10. The van der Waals surface area contributed by atoms with Crippen LogP contribution < -0.4 is 25.4 Å². The SMILES string of the molecule is COc1cc(-c2ccc([C@@H](Oc3cc(N4CCC5(CC4)CN[C@H](C(=O)O)C5)nc(N)n3)C(F)(F)F)c(-n3ccc(C)n3)c2)ccn1. The number of rotatable bonds is 8. The first kappa shape index (κ1) is 31.1. The van der Waals surface area contributed by atoms with Crippen LogP contribution in [0, 0.1) is 12.3 Å². The van der Waals surface area contributed by atoms with Crippen LogP contribution in [-0.2, 0) is 4.79 Å². The fraction of sp³-hybridized carbons (Fsp3) is 0.387. The van der Waals surface area contributed by atoms with Gasteiger partial charge < -0.3 is 30.5 Å². The lowest BCUT2D eigenvalue weighted by atomic mass is 9.76. The lowest BCUT2D eigenvalue weighted by Gasteiger charge is -2.39. The fourth-order valence-corrected chi connectivity index (χ4v) is 6.16. The number of benzene rings is 1. The number of nitrogens with one attached hydrogen (secondary N) is 1. The van der Waals surface area contributed by atoms with Crippen molar-refractivity contribution in [1.29, 1.82) is 0 Å². The van der Waals surface area contributed by atoms with E-state index < -0.39 is 24.3 Å². The van der Waals surface area contributed by atoms with E-state index in [1.165, 1.54) is 23.9 Å². The Kier molecular flexibility index (Phi) is 8.19. The van der Waals surface area contributed by atoms with E-state index in [1.54, 1.807) is 49.6 Å². The molecule has 4 aromatic rings. The summed E-state index contributed by atoms with van der Waals surface area (Å²) >= 11 is 0. The van der Waals surface area contributed by atoms with Crippen molar-refractivity contribution in [2.75, 3.05) is 37.4 Å². The molecule has 2 aliphatic heterocycles. The van der Waals surface area contributed by atoms with E-state index >= 15 is 0 Å². The number of aromatic nitrogens is 5. The number of hydrogen-bond donors (Lipinski definition) is 3. The molecule has 5 heterocycles. The maximum atomic E-state index is 14.8. The monoisotopic (exact) mass is 638 g/mol. The number of anilines is 2. The number of alkyl halides is 3. The maximum absolute atomic E-state index is 14.8. The van der Waals surface area contributed by atoms with Crippen LogP contribution in [0.3, 0.4) is 0 Å². The summed E-state index contributed by atoms with van der Waals surface area (Å²) in [7, 11) is 1.48. The molecule has 12 nitrogen and oxygen atoms in total. The van der Waals surface area contributed by atoms with Crippen LogP contribution >= 0.6 is 0 Å². The van der Waals surface area contributed by atoms with Gasteiger partial charge in [-0.15, -0.1) is 0 Å². The number of halogens is 3. The van der Waals surface area contributed by atoms with Gasteiger partial charge in [0.2, 0.25) is 23.8 Å². The molecule has 15 heteroatoms. The van der Waals surface area contributed by atoms with E-state index in [0.717, 1.165) is 0 Å². The third-order valence-electron chi connectivity index (χ3n) is 8.61. The molecule has 0 bridgehead atoms. The van der Waals surface area contributed by atoms with Crippen molar-refractivity contribution < 1.29 is 32.5 Å². The summed E-state index contributed by atoms with van der Waals surface area (Å²) in [5.41, 5.74) is 7.73. The lowest BCUT2D eigenvalue weighted by Crippen LogP contribution is -2.41. The molecule has 4 N–H and O–H groups in total. The zero-order valence-corrected chi connectivity index (χ0v) is 25.2. The zero-order chi connectivity index (χ0) is 32.6. The van der Waals surface area contributed by atoms with Gasteiger partial charge in [-0.1, -0.05) is 12.1 Å². The van der Waals surface area contributed by atoms with Crippen molar-refractivity contribution in [1.82, 2.24) is 30.0 Å². The van der Waals surface area contributed by atoms with Crippen LogP contribution in [0.5, 0.6) is 11.8 Å². The number of piperidine rings is 1. The number of nitrogens with zero attached hydrogens (tertiary/aromatic N) is 6. The van der Waals surface area contributed by atoms with Gasteiger partial charge in [-0.05, 0) is 60.9 Å². The highest BCUT2D eigenvalue weighted by atomic mass is 19.4. The molecule has 0 amide bonds. The smallest absolute Gasteiger partial charge is 0.429 e. The molecule has 242 valence electrons. The number of carbonyl (C=O) groups is 1. The Morgan fingerprint density at radius 2 is 1.87 bits per heavy atom. The van der Waals surface area contributed by atoms with Crippen molar-refractivity contribution in [2.24, 2.45) is 5.41 Å². The van der Waals surface area contributed by atoms with E-state index in [0.29, 0.717) is 67.4 Å². The van der Waals surface area contributed by atoms with Gasteiger partial charge in [0, 0.05) is 49.7 Å². The molecule has 3 aromatic heterocycles. The van der Waals surface area contributed by atoms with Gasteiger partial charge in [-0.3, -0.25) is 4.79 Å². The second kappa shape index (κ2) is 12.1. The van der Waals surface area contributed by atoms with E-state index in [1.807, 2.05) is 4.90 Å². The van der Waals surface area contributed by atoms with E-state index in [-0.39, 0.29) is 28.5 Å². The minimum Gasteiger partial charge on any atom is -0.481 e. The molecular weight excluding hydrogens is 605 g/mol. The van der Waals surface area contributed by atoms with Crippen molar-refractivity contribution >= 4 is 17.7 Å². The van der Waals surface area contributed by atoms with Crippen LogP contribution in [0.1, 0.15) is 36.6 Å². The lowest BCUT2D eigenvalue weighted by molar-refractivity contribution is -0.198. The van der Waals surface area contributed by atoms with Gasteiger partial charge in [-0.2, -0.15) is 28.2 Å². The first-order valence-corrected chi connectivity index (χ1v) is 14.7. The van der Waals surface area contributed by atoms with Crippen LogP contribution in [-0.4, -0.2) is 74.8 Å². The number of aryl methyl sites for hydroxylation is 1. The molecule has 46 heavy (non-hydrogen) atoms. The number of nitrogen functional groups attached to an aromatic ring is 1. The van der Waals surface area contributed by atoms with E-state index in [2.05, 4.69) is 25.4 Å². The molecule has 2 fully saturated rings. The molecule has 0 saturated carbocycles. The maximum Gasteiger partial charge on any atom is 0.429 e. The Morgan fingerprint density at radius 3 is 2.52 bits per heavy atom. The topological polar surface area (TPSA) is 154 Å². The number of nitrogens with two attached hydrogens (primary N) is 1. The van der Waals surface area contributed by atoms with Crippen molar-refractivity contribution in [3.63, 3.8) is 0 Å². The molecule has 2 aliphatic rings. The Hall–Kier alpha value is -4.92. The van der Waals surface area contributed by atoms with Gasteiger partial charge in [0.05, 0.1) is 18.5 Å². The summed E-state index contributed by atoms with van der Waals surface area (Å²) in [5, 5.41) is 16.8. The summed E-state index contributed by atoms with van der Waals surface area (Å²) in [5.74, 6) is -0.734. The van der Waals surface area contributed by atoms with E-state index in [4.69, 9.17) is 15.2 Å². The molecule has 1 aromatic carbocycles. The second-order valence-corrected chi connectivity index (χ2v) is 11.7. The van der Waals surface area contributed by atoms with Gasteiger partial charge in [0.1, 0.15) is 11.9 Å². The molecule has 2 saturated heterocycles. The number of aliphatic carboxylic acids is 1. The number of carboxylic acids is 1. The standard InChI is InChI=1S/C31H33F3N8O4/c1-18-6-10-42(40-18)23-13-19(20-5-9-36-25(14-20)45-2)3-4-21(23)27(31(32,33)34)46-26-15-24(38-29(35)39-26)41-11-7-30(8-12-41)16-22(28(43)44)37-17-30/h3-6,9-10,13-15,22,27,37H,7-8,11-12,16-17H2,1-2H3,(H,43,44)(H2,35,38,39)/t22-,27+/m0/s1. The third-order valence-corrected chi connectivity index (χ3v) is 8.61. The summed E-state index contributed by atoms with van der Waals surface area (Å²) in [6, 6.07) is 10.4. The van der Waals surface area contributed by atoms with E-state index in [9.17, 15) is 23.1 Å². The summed E-state index contributed by atoms with van der Waals surface area (Å²) in [4.78, 5) is 25.7. The number of methoxy groups -OCH3 is 1. The Morgan fingerprint density at radius 1 is 1.11 bits per heavy atom.